The molecule has 3 rings (SSSR count). The molecule has 2 aromatic carbocycles. The van der Waals surface area contributed by atoms with Gasteiger partial charge in [0.2, 0.25) is 5.91 Å². The van der Waals surface area contributed by atoms with Gasteiger partial charge in [-0.2, -0.15) is 0 Å². The summed E-state index contributed by atoms with van der Waals surface area (Å²) in [4.78, 5) is 14.6. The van der Waals surface area contributed by atoms with Crippen LogP contribution in [0.15, 0.2) is 42.5 Å². The van der Waals surface area contributed by atoms with Crippen LogP contribution in [0.5, 0.6) is 5.75 Å². The van der Waals surface area contributed by atoms with Gasteiger partial charge in [-0.1, -0.05) is 29.8 Å². The number of carbonyl (C=O) groups is 1. The molecule has 2 aromatic rings. The molecule has 0 spiro atoms. The normalized spacial score (nSPS) is 16.9. The zero-order valence-electron chi connectivity index (χ0n) is 14.2. The second kappa shape index (κ2) is 7.87. The zero-order valence-corrected chi connectivity index (χ0v) is 14.9. The molecule has 3 nitrogen and oxygen atoms in total. The number of nitrogens with zero attached hydrogens (tertiary/aromatic N) is 1. The number of carbonyl (C=O) groups excluding carboxylic acids is 1. The van der Waals surface area contributed by atoms with Gasteiger partial charge in [-0.15, -0.1) is 0 Å². The average Bonchev–Trinajstić information content (AvgIpc) is 3.10. The van der Waals surface area contributed by atoms with E-state index in [0.717, 1.165) is 30.5 Å². The first-order valence-electron chi connectivity index (χ1n) is 8.46. The van der Waals surface area contributed by atoms with Crippen LogP contribution in [0.1, 0.15) is 36.4 Å². The van der Waals surface area contributed by atoms with Crippen LogP contribution >= 0.6 is 11.6 Å². The molecule has 0 N–H and O–H groups in total. The maximum atomic E-state index is 13.1. The van der Waals surface area contributed by atoms with Gasteiger partial charge in [0, 0.05) is 13.0 Å². The quantitative estimate of drug-likeness (QED) is 0.766. The second-order valence-corrected chi connectivity index (χ2v) is 6.67. The number of hydrogen-bond acceptors (Lipinski definition) is 2. The van der Waals surface area contributed by atoms with Crippen molar-refractivity contribution in [3.8, 4) is 5.75 Å². The molecule has 0 bridgehead atoms. The van der Waals surface area contributed by atoms with Crippen molar-refractivity contribution in [2.24, 2.45) is 0 Å². The highest BCUT2D eigenvalue weighted by Crippen LogP contribution is 2.33. The predicted octanol–water partition coefficient (Wildman–Crippen LogP) is 4.78. The summed E-state index contributed by atoms with van der Waals surface area (Å²) >= 11 is 6.14. The Kier molecular flexibility index (Phi) is 5.59. The molecule has 0 aliphatic carbocycles. The van der Waals surface area contributed by atoms with Crippen molar-refractivity contribution in [3.63, 3.8) is 0 Å². The lowest BCUT2D eigenvalue weighted by atomic mass is 10.0. The third-order valence-corrected chi connectivity index (χ3v) is 4.97. The Morgan fingerprint density at radius 1 is 1.28 bits per heavy atom. The van der Waals surface area contributed by atoms with Crippen molar-refractivity contribution in [1.82, 2.24) is 4.90 Å². The van der Waals surface area contributed by atoms with E-state index in [-0.39, 0.29) is 17.8 Å². The first-order chi connectivity index (χ1) is 12.1. The summed E-state index contributed by atoms with van der Waals surface area (Å²) in [6.45, 7) is 0.754. The zero-order chi connectivity index (χ0) is 17.8. The Balaban J connectivity index is 1.64. The van der Waals surface area contributed by atoms with Crippen molar-refractivity contribution in [1.29, 1.82) is 0 Å². The largest absolute Gasteiger partial charge is 0.495 e. The number of ether oxygens (including phenoxy) is 1. The van der Waals surface area contributed by atoms with E-state index in [4.69, 9.17) is 16.3 Å². The number of benzene rings is 2. The highest BCUT2D eigenvalue weighted by Gasteiger charge is 2.29. The Hall–Kier alpha value is -2.07. The number of rotatable bonds is 5. The Morgan fingerprint density at radius 3 is 2.72 bits per heavy atom. The molecule has 25 heavy (non-hydrogen) atoms. The smallest absolute Gasteiger partial charge is 0.223 e. The van der Waals surface area contributed by atoms with E-state index >= 15 is 0 Å². The third kappa shape index (κ3) is 4.13. The molecule has 0 saturated carbocycles. The third-order valence-electron chi connectivity index (χ3n) is 4.67. The number of likely N-dealkylation sites (tertiary alicyclic amines) is 1. The standard InChI is InChI=1S/C20H21ClFNO2/c1-25-19-10-4-14(13-17(19)21)5-11-20(24)23-12-2-3-18(23)15-6-8-16(22)9-7-15/h4,6-10,13,18H,2-3,5,11-12H2,1H3. The lowest BCUT2D eigenvalue weighted by molar-refractivity contribution is -0.132. The maximum Gasteiger partial charge on any atom is 0.223 e. The van der Waals surface area contributed by atoms with Gasteiger partial charge in [0.25, 0.3) is 0 Å². The summed E-state index contributed by atoms with van der Waals surface area (Å²) in [6.07, 6.45) is 2.96. The molecule has 1 heterocycles. The summed E-state index contributed by atoms with van der Waals surface area (Å²) < 4.78 is 18.3. The maximum absolute atomic E-state index is 13.1. The Labute approximate surface area is 152 Å². The van der Waals surface area contributed by atoms with Crippen LogP contribution in [0.3, 0.4) is 0 Å². The Morgan fingerprint density at radius 2 is 2.04 bits per heavy atom. The molecule has 1 amide bonds. The number of methoxy groups -OCH3 is 1. The minimum absolute atomic E-state index is 0.0487. The van der Waals surface area contributed by atoms with Crippen molar-refractivity contribution >= 4 is 17.5 Å². The van der Waals surface area contributed by atoms with E-state index in [1.54, 1.807) is 19.2 Å². The molecule has 1 aliphatic rings. The van der Waals surface area contributed by atoms with E-state index in [2.05, 4.69) is 0 Å². The minimum Gasteiger partial charge on any atom is -0.495 e. The fourth-order valence-electron chi connectivity index (χ4n) is 3.36. The van der Waals surface area contributed by atoms with E-state index < -0.39 is 0 Å². The second-order valence-electron chi connectivity index (χ2n) is 6.27. The van der Waals surface area contributed by atoms with Crippen LogP contribution in [-0.4, -0.2) is 24.5 Å². The van der Waals surface area contributed by atoms with Crippen LogP contribution in [0, 0.1) is 5.82 Å². The molecule has 132 valence electrons. The van der Waals surface area contributed by atoms with Gasteiger partial charge in [0.1, 0.15) is 11.6 Å². The fourth-order valence-corrected chi connectivity index (χ4v) is 3.64. The van der Waals surface area contributed by atoms with Crippen LogP contribution < -0.4 is 4.74 Å². The molecular weight excluding hydrogens is 341 g/mol. The summed E-state index contributed by atoms with van der Waals surface area (Å²) in [6, 6.07) is 12.1. The van der Waals surface area contributed by atoms with Gasteiger partial charge in [-0.25, -0.2) is 4.39 Å². The van der Waals surface area contributed by atoms with Crippen molar-refractivity contribution < 1.29 is 13.9 Å². The topological polar surface area (TPSA) is 29.5 Å². The monoisotopic (exact) mass is 361 g/mol. The summed E-state index contributed by atoms with van der Waals surface area (Å²) in [5.74, 6) is 0.502. The lowest BCUT2D eigenvalue weighted by Crippen LogP contribution is -2.30. The first-order valence-corrected chi connectivity index (χ1v) is 8.83. The minimum atomic E-state index is -0.254. The van der Waals surface area contributed by atoms with Crippen molar-refractivity contribution in [2.75, 3.05) is 13.7 Å². The highest BCUT2D eigenvalue weighted by atomic mass is 35.5. The average molecular weight is 362 g/mol. The molecule has 0 aromatic heterocycles. The number of halogens is 2. The van der Waals surface area contributed by atoms with E-state index in [9.17, 15) is 9.18 Å². The van der Waals surface area contributed by atoms with E-state index in [0.29, 0.717) is 23.6 Å². The molecule has 0 radical (unpaired) electrons. The molecule has 1 fully saturated rings. The van der Waals surface area contributed by atoms with Gasteiger partial charge in [0.15, 0.2) is 0 Å². The lowest BCUT2D eigenvalue weighted by Gasteiger charge is -2.25. The SMILES string of the molecule is COc1ccc(CCC(=O)N2CCCC2c2ccc(F)cc2)cc1Cl. The molecule has 1 unspecified atom stereocenters. The molecule has 1 atom stereocenters. The Bertz CT molecular complexity index is 748. The fraction of sp³-hybridized carbons (Fsp3) is 0.350. The van der Waals surface area contributed by atoms with Crippen LogP contribution in [0.2, 0.25) is 5.02 Å². The van der Waals surface area contributed by atoms with E-state index in [1.807, 2.05) is 23.1 Å². The van der Waals surface area contributed by atoms with Crippen LogP contribution in [0.4, 0.5) is 4.39 Å². The van der Waals surface area contributed by atoms with Gasteiger partial charge in [0.05, 0.1) is 18.2 Å². The molecular formula is C20H21ClFNO2. The highest BCUT2D eigenvalue weighted by molar-refractivity contribution is 6.32. The predicted molar refractivity (Wildman–Crippen MR) is 96.4 cm³/mol. The molecule has 5 heteroatoms. The van der Waals surface area contributed by atoms with Gasteiger partial charge in [-0.3, -0.25) is 4.79 Å². The van der Waals surface area contributed by atoms with E-state index in [1.165, 1.54) is 12.1 Å². The van der Waals surface area contributed by atoms with Crippen molar-refractivity contribution in [3.05, 3.63) is 64.4 Å². The number of aryl methyl sites for hydroxylation is 1. The summed E-state index contributed by atoms with van der Waals surface area (Å²) in [7, 11) is 1.58. The van der Waals surface area contributed by atoms with Crippen LogP contribution in [0.25, 0.3) is 0 Å². The first kappa shape index (κ1) is 17.7. The summed E-state index contributed by atoms with van der Waals surface area (Å²) in [5.41, 5.74) is 2.01. The number of hydrogen-bond donors (Lipinski definition) is 0. The summed E-state index contributed by atoms with van der Waals surface area (Å²) in [5, 5.41) is 0.554. The number of amides is 1. The molecule has 1 saturated heterocycles. The van der Waals surface area contributed by atoms with Gasteiger partial charge in [-0.05, 0) is 54.7 Å². The van der Waals surface area contributed by atoms with Crippen LogP contribution in [-0.2, 0) is 11.2 Å². The van der Waals surface area contributed by atoms with Gasteiger partial charge < -0.3 is 9.64 Å². The molecule has 1 aliphatic heterocycles. The van der Waals surface area contributed by atoms with Crippen molar-refractivity contribution in [2.45, 2.75) is 31.7 Å². The van der Waals surface area contributed by atoms with Gasteiger partial charge >= 0.3 is 0 Å².